The lowest BCUT2D eigenvalue weighted by Gasteiger charge is -2.07. The Balaban J connectivity index is 1.67. The van der Waals surface area contributed by atoms with Crippen LogP contribution < -0.4 is 0 Å². The van der Waals surface area contributed by atoms with Crippen molar-refractivity contribution in [2.24, 2.45) is 0 Å². The number of benzene rings is 3. The molecule has 0 atom stereocenters. The van der Waals surface area contributed by atoms with Crippen LogP contribution in [0.1, 0.15) is 11.1 Å². The van der Waals surface area contributed by atoms with E-state index in [-0.39, 0.29) is 11.8 Å². The van der Waals surface area contributed by atoms with Crippen molar-refractivity contribution in [1.82, 2.24) is 20.4 Å². The van der Waals surface area contributed by atoms with Crippen molar-refractivity contribution in [2.45, 2.75) is 13.8 Å². The number of nitro benzene ring substituents is 1. The van der Waals surface area contributed by atoms with Crippen molar-refractivity contribution in [2.75, 3.05) is 0 Å². The molecule has 2 aromatic heterocycles. The van der Waals surface area contributed by atoms with Crippen LogP contribution >= 0.6 is 0 Å². The smallest absolute Gasteiger partial charge is 0.341 e. The Labute approximate surface area is 200 Å². The van der Waals surface area contributed by atoms with Crippen LogP contribution in [0.3, 0.4) is 0 Å². The van der Waals surface area contributed by atoms with Crippen LogP contribution in [0.5, 0.6) is 0 Å². The summed E-state index contributed by atoms with van der Waals surface area (Å²) in [4.78, 5) is 10.2. The summed E-state index contributed by atoms with van der Waals surface area (Å²) in [5, 5.41) is 26.3. The molecule has 0 aliphatic rings. The SMILES string of the molecule is Cc1ccc(-c2nnc(-c3c(F)c(-c4nnc(-c5ccc(C)cc5)o4)c(F)c([N+](=O)[O-])c3F)o2)cc1. The molecule has 180 valence electrons. The Morgan fingerprint density at radius 2 is 1.00 bits per heavy atom. The highest BCUT2D eigenvalue weighted by Crippen LogP contribution is 2.41. The third kappa shape index (κ3) is 3.87. The Morgan fingerprint density at radius 3 is 1.36 bits per heavy atom. The number of rotatable bonds is 5. The molecule has 0 amide bonds. The number of hydrogen-bond acceptors (Lipinski definition) is 8. The summed E-state index contributed by atoms with van der Waals surface area (Å²) in [5.74, 6) is -6.89. The van der Waals surface area contributed by atoms with Crippen molar-refractivity contribution in [3.05, 3.63) is 87.2 Å². The van der Waals surface area contributed by atoms with E-state index in [1.54, 1.807) is 48.5 Å². The number of halogens is 3. The quantitative estimate of drug-likeness (QED) is 0.214. The van der Waals surface area contributed by atoms with Crippen LogP contribution in [0, 0.1) is 41.4 Å². The van der Waals surface area contributed by atoms with Crippen molar-refractivity contribution in [3.8, 4) is 45.8 Å². The molecular formula is C24H14F3N5O4. The van der Waals surface area contributed by atoms with Crippen molar-refractivity contribution in [1.29, 1.82) is 0 Å². The lowest BCUT2D eigenvalue weighted by Crippen LogP contribution is -2.05. The van der Waals surface area contributed by atoms with Crippen LogP contribution in [0.2, 0.25) is 0 Å². The van der Waals surface area contributed by atoms with Gasteiger partial charge in [0.05, 0.1) is 4.92 Å². The highest BCUT2D eigenvalue weighted by Gasteiger charge is 2.37. The van der Waals surface area contributed by atoms with Gasteiger partial charge in [-0.2, -0.15) is 8.78 Å². The predicted molar refractivity (Wildman–Crippen MR) is 120 cm³/mol. The summed E-state index contributed by atoms with van der Waals surface area (Å²) in [5.41, 5.74) is -1.06. The van der Waals surface area contributed by atoms with E-state index in [1.807, 2.05) is 13.8 Å². The average molecular weight is 493 g/mol. The van der Waals surface area contributed by atoms with Crippen LogP contribution in [-0.2, 0) is 0 Å². The van der Waals surface area contributed by atoms with E-state index >= 15 is 13.2 Å². The summed E-state index contributed by atoms with van der Waals surface area (Å²) in [7, 11) is 0. The third-order valence-electron chi connectivity index (χ3n) is 5.35. The monoisotopic (exact) mass is 493 g/mol. The molecule has 0 unspecified atom stereocenters. The number of hydrogen-bond donors (Lipinski definition) is 0. The molecule has 0 saturated heterocycles. The minimum atomic E-state index is -1.82. The topological polar surface area (TPSA) is 121 Å². The van der Waals surface area contributed by atoms with Crippen LogP contribution in [0.15, 0.2) is 57.4 Å². The van der Waals surface area contributed by atoms with Gasteiger partial charge in [-0.3, -0.25) is 10.1 Å². The van der Waals surface area contributed by atoms with Gasteiger partial charge in [0, 0.05) is 11.1 Å². The predicted octanol–water partition coefficient (Wildman–Crippen LogP) is 6.06. The molecule has 9 nitrogen and oxygen atoms in total. The van der Waals surface area contributed by atoms with E-state index in [2.05, 4.69) is 20.4 Å². The highest BCUT2D eigenvalue weighted by atomic mass is 19.1. The van der Waals surface area contributed by atoms with E-state index in [9.17, 15) is 10.1 Å². The Kier molecular flexibility index (Phi) is 5.55. The lowest BCUT2D eigenvalue weighted by molar-refractivity contribution is -0.390. The second kappa shape index (κ2) is 8.73. The first-order chi connectivity index (χ1) is 17.2. The third-order valence-corrected chi connectivity index (χ3v) is 5.35. The van der Waals surface area contributed by atoms with Gasteiger partial charge in [0.25, 0.3) is 11.8 Å². The normalized spacial score (nSPS) is 11.1. The summed E-state index contributed by atoms with van der Waals surface area (Å²) in [6.45, 7) is 3.71. The maximum absolute atomic E-state index is 15.6. The largest absolute Gasteiger partial charge is 0.416 e. The van der Waals surface area contributed by atoms with Crippen molar-refractivity contribution in [3.63, 3.8) is 0 Å². The van der Waals surface area contributed by atoms with Gasteiger partial charge in [-0.1, -0.05) is 35.4 Å². The summed E-state index contributed by atoms with van der Waals surface area (Å²) >= 11 is 0. The molecule has 3 aromatic carbocycles. The number of nitrogens with zero attached hydrogens (tertiary/aromatic N) is 5. The van der Waals surface area contributed by atoms with E-state index in [1.165, 1.54) is 0 Å². The summed E-state index contributed by atoms with van der Waals surface area (Å²) < 4.78 is 56.5. The Bertz CT molecular complexity index is 1500. The van der Waals surface area contributed by atoms with Gasteiger partial charge < -0.3 is 8.83 Å². The fourth-order valence-corrected chi connectivity index (χ4v) is 3.46. The molecule has 0 fully saturated rings. The van der Waals surface area contributed by atoms with E-state index in [4.69, 9.17) is 8.83 Å². The lowest BCUT2D eigenvalue weighted by atomic mass is 10.1. The van der Waals surface area contributed by atoms with Crippen molar-refractivity contribution >= 4 is 5.69 Å². The standard InChI is InChI=1S/C24H14F3N5O4/c1-11-3-7-13(8-4-11)21-28-30-23(35-21)15-17(25)16(19(27)20(18(15)26)32(33)34)24-31-29-22(36-24)14-9-5-12(2)6-10-14/h3-10H,1-2H3. The fourth-order valence-electron chi connectivity index (χ4n) is 3.46. The Hall–Kier alpha value is -4.87. The minimum Gasteiger partial charge on any atom is -0.416 e. The first kappa shape index (κ1) is 22.9. The van der Waals surface area contributed by atoms with Crippen molar-refractivity contribution < 1.29 is 26.9 Å². The minimum absolute atomic E-state index is 0.100. The number of nitro groups is 1. The van der Waals surface area contributed by atoms with Gasteiger partial charge in [-0.05, 0) is 38.1 Å². The van der Waals surface area contributed by atoms with Crippen LogP contribution in [-0.4, -0.2) is 25.3 Å². The molecule has 0 saturated carbocycles. The zero-order valence-corrected chi connectivity index (χ0v) is 18.6. The molecule has 0 bridgehead atoms. The van der Waals surface area contributed by atoms with Gasteiger partial charge in [0.15, 0.2) is 5.82 Å². The fraction of sp³-hybridized carbons (Fsp3) is 0.0833. The van der Waals surface area contributed by atoms with Gasteiger partial charge >= 0.3 is 5.69 Å². The van der Waals surface area contributed by atoms with Gasteiger partial charge in [0.1, 0.15) is 11.1 Å². The second-order valence-electron chi connectivity index (χ2n) is 7.85. The molecule has 0 aliphatic heterocycles. The number of aromatic nitrogens is 4. The average Bonchev–Trinajstić information content (AvgIpc) is 3.51. The maximum atomic E-state index is 15.6. The van der Waals surface area contributed by atoms with Gasteiger partial charge in [-0.25, -0.2) is 4.39 Å². The molecule has 0 aliphatic carbocycles. The molecule has 5 rings (SSSR count). The summed E-state index contributed by atoms with van der Waals surface area (Å²) in [6.07, 6.45) is 0. The molecule has 2 heterocycles. The van der Waals surface area contributed by atoms with E-state index in [0.29, 0.717) is 11.1 Å². The molecule has 0 radical (unpaired) electrons. The molecule has 0 N–H and O–H groups in total. The first-order valence-corrected chi connectivity index (χ1v) is 10.4. The van der Waals surface area contributed by atoms with Gasteiger partial charge in [-0.15, -0.1) is 20.4 Å². The molecule has 36 heavy (non-hydrogen) atoms. The molecular weight excluding hydrogens is 479 g/mol. The highest BCUT2D eigenvalue weighted by molar-refractivity contribution is 5.73. The molecule has 0 spiro atoms. The van der Waals surface area contributed by atoms with E-state index in [0.717, 1.165) is 11.1 Å². The maximum Gasteiger partial charge on any atom is 0.341 e. The summed E-state index contributed by atoms with van der Waals surface area (Å²) in [6, 6.07) is 13.6. The first-order valence-electron chi connectivity index (χ1n) is 10.4. The molecule has 12 heteroatoms. The second-order valence-corrected chi connectivity index (χ2v) is 7.85. The van der Waals surface area contributed by atoms with E-state index < -0.39 is 51.0 Å². The number of aryl methyl sites for hydroxylation is 2. The van der Waals surface area contributed by atoms with Crippen LogP contribution in [0.4, 0.5) is 18.9 Å². The van der Waals surface area contributed by atoms with Gasteiger partial charge in [0.2, 0.25) is 23.4 Å². The zero-order chi connectivity index (χ0) is 25.6. The van der Waals surface area contributed by atoms with Crippen LogP contribution in [0.25, 0.3) is 45.8 Å². The molecule has 5 aromatic rings. The Morgan fingerprint density at radius 1 is 0.639 bits per heavy atom. The zero-order valence-electron chi connectivity index (χ0n) is 18.6.